The highest BCUT2D eigenvalue weighted by Crippen LogP contribution is 2.17. The molecule has 0 bridgehead atoms. The number of H-pyrrole nitrogens is 2. The number of nitrogens with zero attached hydrogens (tertiary/aromatic N) is 1. The summed E-state index contributed by atoms with van der Waals surface area (Å²) in [4.78, 5) is 26.6. The first-order valence-electron chi connectivity index (χ1n) is 6.08. The van der Waals surface area contributed by atoms with E-state index in [-0.39, 0.29) is 11.5 Å². The molecular formula is C14H12N4O2. The first kappa shape index (κ1) is 12.2. The Morgan fingerprint density at radius 1 is 1.30 bits per heavy atom. The van der Waals surface area contributed by atoms with Crippen molar-refractivity contribution in [2.24, 2.45) is 0 Å². The zero-order chi connectivity index (χ0) is 14.1. The monoisotopic (exact) mass is 268 g/mol. The number of carbonyl (C=O) groups is 1. The molecule has 6 nitrogen and oxygen atoms in total. The van der Waals surface area contributed by atoms with E-state index in [1.807, 2.05) is 13.0 Å². The number of hydrogen-bond acceptors (Lipinski definition) is 3. The van der Waals surface area contributed by atoms with E-state index < -0.39 is 0 Å². The Morgan fingerprint density at radius 3 is 2.85 bits per heavy atom. The van der Waals surface area contributed by atoms with Crippen molar-refractivity contribution in [2.45, 2.75) is 6.92 Å². The first-order valence-corrected chi connectivity index (χ1v) is 6.08. The summed E-state index contributed by atoms with van der Waals surface area (Å²) in [6.07, 6.45) is 1.62. The molecule has 6 heteroatoms. The zero-order valence-corrected chi connectivity index (χ0v) is 10.7. The quantitative estimate of drug-likeness (QED) is 0.662. The molecule has 0 saturated carbocycles. The molecule has 2 aromatic heterocycles. The van der Waals surface area contributed by atoms with Crippen LogP contribution >= 0.6 is 0 Å². The molecule has 3 N–H and O–H groups in total. The number of rotatable bonds is 2. The number of benzene rings is 1. The van der Waals surface area contributed by atoms with E-state index in [1.165, 1.54) is 6.07 Å². The highest BCUT2D eigenvalue weighted by Gasteiger charge is 2.13. The summed E-state index contributed by atoms with van der Waals surface area (Å²) in [5.74, 6) is 0.180. The number of nitrogens with one attached hydrogen (secondary N) is 3. The van der Waals surface area contributed by atoms with Crippen LogP contribution in [0.25, 0.3) is 10.9 Å². The maximum atomic E-state index is 12.3. The van der Waals surface area contributed by atoms with Crippen molar-refractivity contribution >= 4 is 22.6 Å². The van der Waals surface area contributed by atoms with E-state index in [2.05, 4.69) is 20.5 Å². The highest BCUT2D eigenvalue weighted by molar-refractivity contribution is 6.12. The molecule has 0 radical (unpaired) electrons. The van der Waals surface area contributed by atoms with Gasteiger partial charge in [0.2, 0.25) is 5.56 Å². The van der Waals surface area contributed by atoms with Crippen molar-refractivity contribution in [1.82, 2.24) is 15.2 Å². The van der Waals surface area contributed by atoms with Crippen LogP contribution in [-0.4, -0.2) is 21.1 Å². The Hall–Kier alpha value is -2.89. The van der Waals surface area contributed by atoms with Crippen LogP contribution in [0.1, 0.15) is 15.9 Å². The molecule has 3 aromatic rings. The van der Waals surface area contributed by atoms with Gasteiger partial charge in [-0.2, -0.15) is 5.10 Å². The summed E-state index contributed by atoms with van der Waals surface area (Å²) in [5, 5.41) is 9.95. The molecule has 1 amide bonds. The van der Waals surface area contributed by atoms with Crippen molar-refractivity contribution in [2.75, 3.05) is 5.32 Å². The lowest BCUT2D eigenvalue weighted by Gasteiger charge is -2.06. The standard InChI is InChI=1S/C14H12N4O2/c1-8-7-15-18-13(8)17-14(20)10-6-12(19)16-11-5-3-2-4-9(10)11/h2-7H,1H3,(H,16,19)(H2,15,17,18,20). The summed E-state index contributed by atoms with van der Waals surface area (Å²) < 4.78 is 0. The van der Waals surface area contributed by atoms with E-state index in [1.54, 1.807) is 24.4 Å². The number of hydrogen-bond donors (Lipinski definition) is 3. The molecule has 0 aliphatic carbocycles. The van der Waals surface area contributed by atoms with Gasteiger partial charge in [-0.3, -0.25) is 14.7 Å². The van der Waals surface area contributed by atoms with Gasteiger partial charge >= 0.3 is 0 Å². The summed E-state index contributed by atoms with van der Waals surface area (Å²) in [5.41, 5.74) is 1.48. The third-order valence-electron chi connectivity index (χ3n) is 3.06. The van der Waals surface area contributed by atoms with Crippen molar-refractivity contribution in [1.29, 1.82) is 0 Å². The first-order chi connectivity index (χ1) is 9.65. The Bertz CT molecular complexity index is 848. The minimum Gasteiger partial charge on any atom is -0.322 e. The number of aromatic nitrogens is 3. The van der Waals surface area contributed by atoms with Crippen molar-refractivity contribution in [3.05, 3.63) is 58.0 Å². The fourth-order valence-electron chi connectivity index (χ4n) is 2.05. The van der Waals surface area contributed by atoms with Gasteiger partial charge in [0.25, 0.3) is 5.91 Å². The van der Waals surface area contributed by atoms with E-state index in [4.69, 9.17) is 0 Å². The zero-order valence-electron chi connectivity index (χ0n) is 10.7. The maximum absolute atomic E-state index is 12.3. The van der Waals surface area contributed by atoms with Gasteiger partial charge in [-0.25, -0.2) is 0 Å². The molecule has 2 heterocycles. The average Bonchev–Trinajstić information content (AvgIpc) is 2.83. The summed E-state index contributed by atoms with van der Waals surface area (Å²) in [7, 11) is 0. The molecule has 0 fully saturated rings. The van der Waals surface area contributed by atoms with Gasteiger partial charge < -0.3 is 10.3 Å². The van der Waals surface area contributed by atoms with Crippen LogP contribution in [-0.2, 0) is 0 Å². The number of fused-ring (bicyclic) bond motifs is 1. The SMILES string of the molecule is Cc1cn[nH]c1NC(=O)c1cc(=O)[nH]c2ccccc12. The number of amides is 1. The van der Waals surface area contributed by atoms with Crippen LogP contribution < -0.4 is 10.9 Å². The van der Waals surface area contributed by atoms with Gasteiger partial charge in [-0.15, -0.1) is 0 Å². The Kier molecular flexibility index (Phi) is 2.83. The van der Waals surface area contributed by atoms with Crippen LogP contribution in [0, 0.1) is 6.92 Å². The molecular weight excluding hydrogens is 256 g/mol. The van der Waals surface area contributed by atoms with Crippen molar-refractivity contribution in [3.63, 3.8) is 0 Å². The fourth-order valence-corrected chi connectivity index (χ4v) is 2.05. The Morgan fingerprint density at radius 2 is 2.10 bits per heavy atom. The van der Waals surface area contributed by atoms with Gasteiger partial charge in [-0.05, 0) is 13.0 Å². The topological polar surface area (TPSA) is 90.6 Å². The summed E-state index contributed by atoms with van der Waals surface area (Å²) >= 11 is 0. The third-order valence-corrected chi connectivity index (χ3v) is 3.06. The second-order valence-electron chi connectivity index (χ2n) is 4.47. The van der Waals surface area contributed by atoms with Crippen molar-refractivity contribution in [3.8, 4) is 0 Å². The van der Waals surface area contributed by atoms with Gasteiger partial charge in [0.05, 0.1) is 11.8 Å². The number of carbonyl (C=O) groups excluding carboxylic acids is 1. The van der Waals surface area contributed by atoms with Crippen LogP contribution in [0.5, 0.6) is 0 Å². The lowest BCUT2D eigenvalue weighted by Crippen LogP contribution is -2.17. The molecule has 100 valence electrons. The number of pyridine rings is 1. The van der Waals surface area contributed by atoms with Gasteiger partial charge in [0.15, 0.2) is 0 Å². The number of aryl methyl sites for hydroxylation is 1. The van der Waals surface area contributed by atoms with Crippen LogP contribution in [0.2, 0.25) is 0 Å². The van der Waals surface area contributed by atoms with Crippen LogP contribution in [0.3, 0.4) is 0 Å². The molecule has 0 saturated heterocycles. The molecule has 3 rings (SSSR count). The predicted molar refractivity (Wildman–Crippen MR) is 75.8 cm³/mol. The van der Waals surface area contributed by atoms with Crippen LogP contribution in [0.15, 0.2) is 41.3 Å². The van der Waals surface area contributed by atoms with Gasteiger partial charge in [0.1, 0.15) is 5.82 Å². The fraction of sp³-hybridized carbons (Fsp3) is 0.0714. The number of anilines is 1. The molecule has 0 unspecified atom stereocenters. The molecule has 20 heavy (non-hydrogen) atoms. The minimum atomic E-state index is -0.348. The summed E-state index contributed by atoms with van der Waals surface area (Å²) in [6, 6.07) is 8.47. The van der Waals surface area contributed by atoms with Gasteiger partial charge in [0, 0.05) is 22.5 Å². The Labute approximate surface area is 113 Å². The summed E-state index contributed by atoms with van der Waals surface area (Å²) in [6.45, 7) is 1.83. The molecule has 0 aliphatic heterocycles. The maximum Gasteiger partial charge on any atom is 0.257 e. The third kappa shape index (κ3) is 2.07. The normalized spacial score (nSPS) is 10.7. The van der Waals surface area contributed by atoms with E-state index in [0.717, 1.165) is 5.56 Å². The van der Waals surface area contributed by atoms with E-state index in [9.17, 15) is 9.59 Å². The number of para-hydroxylation sites is 1. The lowest BCUT2D eigenvalue weighted by atomic mass is 10.1. The minimum absolute atomic E-state index is 0.310. The van der Waals surface area contributed by atoms with E-state index >= 15 is 0 Å². The highest BCUT2D eigenvalue weighted by atomic mass is 16.2. The van der Waals surface area contributed by atoms with E-state index in [0.29, 0.717) is 22.3 Å². The second kappa shape index (κ2) is 4.65. The smallest absolute Gasteiger partial charge is 0.257 e. The lowest BCUT2D eigenvalue weighted by molar-refractivity contribution is 0.102. The van der Waals surface area contributed by atoms with Gasteiger partial charge in [-0.1, -0.05) is 18.2 Å². The number of aromatic amines is 2. The molecule has 1 aromatic carbocycles. The average molecular weight is 268 g/mol. The molecule has 0 atom stereocenters. The Balaban J connectivity index is 2.08. The van der Waals surface area contributed by atoms with Crippen molar-refractivity contribution < 1.29 is 4.79 Å². The predicted octanol–water partition coefficient (Wildman–Crippen LogP) is 1.81. The molecule has 0 spiro atoms. The second-order valence-corrected chi connectivity index (χ2v) is 4.47. The molecule has 0 aliphatic rings. The largest absolute Gasteiger partial charge is 0.322 e. The van der Waals surface area contributed by atoms with Crippen LogP contribution in [0.4, 0.5) is 5.82 Å².